The molecule has 3 aromatic rings. The fraction of sp³-hybridized carbons (Fsp3) is 0.292. The molecule has 0 saturated carbocycles. The molecule has 172 valence electrons. The van der Waals surface area contributed by atoms with Gasteiger partial charge in [-0.3, -0.25) is 0 Å². The molecule has 2 heterocycles. The SMILES string of the molecule is COCOc1ccccc1-c1cc(N2CCN(C(=O)OCc3ccccc3)CC2)c(N)nn1. The predicted molar refractivity (Wildman–Crippen MR) is 125 cm³/mol. The largest absolute Gasteiger partial charge is 0.467 e. The van der Waals surface area contributed by atoms with Gasteiger partial charge in [0.2, 0.25) is 0 Å². The fourth-order valence-electron chi connectivity index (χ4n) is 3.64. The van der Waals surface area contributed by atoms with E-state index in [0.717, 1.165) is 16.8 Å². The Labute approximate surface area is 192 Å². The summed E-state index contributed by atoms with van der Waals surface area (Å²) < 4.78 is 16.1. The molecule has 9 heteroatoms. The van der Waals surface area contributed by atoms with Gasteiger partial charge in [0.25, 0.3) is 0 Å². The van der Waals surface area contributed by atoms with Crippen molar-refractivity contribution < 1.29 is 19.0 Å². The maximum absolute atomic E-state index is 12.5. The summed E-state index contributed by atoms with van der Waals surface area (Å²) in [6.07, 6.45) is -0.316. The van der Waals surface area contributed by atoms with Crippen molar-refractivity contribution in [3.8, 4) is 17.0 Å². The highest BCUT2D eigenvalue weighted by molar-refractivity contribution is 5.74. The Morgan fingerprint density at radius 1 is 1.00 bits per heavy atom. The summed E-state index contributed by atoms with van der Waals surface area (Å²) in [5.41, 5.74) is 9.34. The third-order valence-corrected chi connectivity index (χ3v) is 5.38. The quantitative estimate of drug-likeness (QED) is 0.549. The number of rotatable bonds is 7. The smallest absolute Gasteiger partial charge is 0.410 e. The molecule has 1 aromatic heterocycles. The van der Waals surface area contributed by atoms with Crippen molar-refractivity contribution in [1.29, 1.82) is 0 Å². The number of hydrogen-bond acceptors (Lipinski definition) is 8. The van der Waals surface area contributed by atoms with Crippen molar-refractivity contribution in [3.63, 3.8) is 0 Å². The van der Waals surface area contributed by atoms with Crippen LogP contribution in [-0.2, 0) is 16.1 Å². The van der Waals surface area contributed by atoms with E-state index in [1.807, 2.05) is 60.7 Å². The number of hydrogen-bond donors (Lipinski definition) is 1. The lowest BCUT2D eigenvalue weighted by Gasteiger charge is -2.35. The maximum atomic E-state index is 12.5. The summed E-state index contributed by atoms with van der Waals surface area (Å²) in [5.74, 6) is 0.990. The molecule has 33 heavy (non-hydrogen) atoms. The molecule has 0 spiro atoms. The molecule has 2 aromatic carbocycles. The number of anilines is 2. The number of benzene rings is 2. The topological polar surface area (TPSA) is 103 Å². The highest BCUT2D eigenvalue weighted by Gasteiger charge is 2.24. The van der Waals surface area contributed by atoms with Gasteiger partial charge in [-0.2, -0.15) is 0 Å². The van der Waals surface area contributed by atoms with Gasteiger partial charge in [0, 0.05) is 38.9 Å². The van der Waals surface area contributed by atoms with Crippen LogP contribution < -0.4 is 15.4 Å². The number of nitrogen functional groups attached to an aromatic ring is 1. The Morgan fingerprint density at radius 3 is 2.48 bits per heavy atom. The lowest BCUT2D eigenvalue weighted by molar-refractivity contribution is 0.0515. The summed E-state index contributed by atoms with van der Waals surface area (Å²) in [4.78, 5) is 16.3. The minimum absolute atomic E-state index is 0.134. The molecule has 1 aliphatic heterocycles. The Hall–Kier alpha value is -3.85. The minimum Gasteiger partial charge on any atom is -0.467 e. The zero-order chi connectivity index (χ0) is 23.0. The minimum atomic E-state index is -0.316. The number of para-hydroxylation sites is 1. The van der Waals surface area contributed by atoms with E-state index in [0.29, 0.717) is 43.4 Å². The second-order valence-electron chi connectivity index (χ2n) is 7.56. The van der Waals surface area contributed by atoms with Crippen LogP contribution in [0.4, 0.5) is 16.3 Å². The summed E-state index contributed by atoms with van der Waals surface area (Å²) in [5, 5.41) is 8.43. The number of nitrogens with two attached hydrogens (primary N) is 1. The summed E-state index contributed by atoms with van der Waals surface area (Å²) >= 11 is 0. The molecular weight excluding hydrogens is 422 g/mol. The Bertz CT molecular complexity index is 1070. The lowest BCUT2D eigenvalue weighted by atomic mass is 10.1. The fourth-order valence-corrected chi connectivity index (χ4v) is 3.64. The van der Waals surface area contributed by atoms with Gasteiger partial charge in [-0.1, -0.05) is 42.5 Å². The molecule has 1 fully saturated rings. The van der Waals surface area contributed by atoms with E-state index < -0.39 is 0 Å². The first kappa shape index (κ1) is 22.3. The number of amides is 1. The van der Waals surface area contributed by atoms with Crippen LogP contribution in [0, 0.1) is 0 Å². The van der Waals surface area contributed by atoms with Crippen molar-refractivity contribution in [1.82, 2.24) is 15.1 Å². The number of carbonyl (C=O) groups is 1. The zero-order valence-electron chi connectivity index (χ0n) is 18.5. The van der Waals surface area contributed by atoms with Crippen molar-refractivity contribution in [2.75, 3.05) is 50.7 Å². The highest BCUT2D eigenvalue weighted by atomic mass is 16.7. The van der Waals surface area contributed by atoms with Gasteiger partial charge in [-0.05, 0) is 23.8 Å². The van der Waals surface area contributed by atoms with E-state index >= 15 is 0 Å². The van der Waals surface area contributed by atoms with Crippen LogP contribution in [-0.4, -0.2) is 61.3 Å². The molecule has 1 amide bonds. The normalized spacial score (nSPS) is 13.6. The van der Waals surface area contributed by atoms with Crippen LogP contribution in [0.1, 0.15) is 5.56 Å². The maximum Gasteiger partial charge on any atom is 0.410 e. The first-order valence-electron chi connectivity index (χ1n) is 10.7. The van der Waals surface area contributed by atoms with Crippen LogP contribution in [0.25, 0.3) is 11.3 Å². The Morgan fingerprint density at radius 2 is 1.73 bits per heavy atom. The monoisotopic (exact) mass is 449 g/mol. The molecule has 2 N–H and O–H groups in total. The average molecular weight is 450 g/mol. The number of piperazine rings is 1. The van der Waals surface area contributed by atoms with Gasteiger partial charge < -0.3 is 29.7 Å². The van der Waals surface area contributed by atoms with Gasteiger partial charge in [-0.15, -0.1) is 10.2 Å². The Kier molecular flexibility index (Phi) is 7.21. The van der Waals surface area contributed by atoms with Gasteiger partial charge in [-0.25, -0.2) is 4.79 Å². The Balaban J connectivity index is 1.41. The molecule has 1 aliphatic rings. The van der Waals surface area contributed by atoms with Crippen LogP contribution in [0.2, 0.25) is 0 Å². The van der Waals surface area contributed by atoms with E-state index in [4.69, 9.17) is 19.9 Å². The summed E-state index contributed by atoms with van der Waals surface area (Å²) in [7, 11) is 1.57. The van der Waals surface area contributed by atoms with Gasteiger partial charge in [0.05, 0.1) is 11.4 Å². The molecule has 9 nitrogen and oxygen atoms in total. The number of methoxy groups -OCH3 is 1. The van der Waals surface area contributed by atoms with Crippen molar-refractivity contribution in [2.45, 2.75) is 6.61 Å². The number of nitrogens with zero attached hydrogens (tertiary/aromatic N) is 4. The van der Waals surface area contributed by atoms with Crippen molar-refractivity contribution in [2.24, 2.45) is 0 Å². The zero-order valence-corrected chi connectivity index (χ0v) is 18.5. The second-order valence-corrected chi connectivity index (χ2v) is 7.56. The molecule has 1 saturated heterocycles. The molecule has 0 unspecified atom stereocenters. The van der Waals surface area contributed by atoms with E-state index in [2.05, 4.69) is 15.1 Å². The predicted octanol–water partition coefficient (Wildman–Crippen LogP) is 3.17. The van der Waals surface area contributed by atoms with Gasteiger partial charge >= 0.3 is 6.09 Å². The third-order valence-electron chi connectivity index (χ3n) is 5.38. The molecule has 4 rings (SSSR count). The average Bonchev–Trinajstić information content (AvgIpc) is 2.87. The van der Waals surface area contributed by atoms with E-state index in [9.17, 15) is 4.79 Å². The van der Waals surface area contributed by atoms with Gasteiger partial charge in [0.15, 0.2) is 12.6 Å². The number of aromatic nitrogens is 2. The standard InChI is InChI=1S/C24H27N5O4/c1-31-17-33-22-10-6-5-9-19(22)20-15-21(23(25)27-26-20)28-11-13-29(14-12-28)24(30)32-16-18-7-3-2-4-8-18/h2-10,15H,11-14,16-17H2,1H3,(H2,25,27). The van der Waals surface area contributed by atoms with Crippen LogP contribution in [0.3, 0.4) is 0 Å². The number of ether oxygens (including phenoxy) is 3. The summed E-state index contributed by atoms with van der Waals surface area (Å²) in [6.45, 7) is 2.66. The van der Waals surface area contributed by atoms with Crippen LogP contribution in [0.5, 0.6) is 5.75 Å². The van der Waals surface area contributed by atoms with Crippen LogP contribution >= 0.6 is 0 Å². The first-order valence-corrected chi connectivity index (χ1v) is 10.7. The first-order chi connectivity index (χ1) is 16.2. The van der Waals surface area contributed by atoms with Crippen molar-refractivity contribution in [3.05, 3.63) is 66.2 Å². The number of carbonyl (C=O) groups excluding carboxylic acids is 1. The van der Waals surface area contributed by atoms with E-state index in [-0.39, 0.29) is 19.5 Å². The summed E-state index contributed by atoms with van der Waals surface area (Å²) in [6, 6.07) is 19.1. The lowest BCUT2D eigenvalue weighted by Crippen LogP contribution is -2.49. The van der Waals surface area contributed by atoms with E-state index in [1.165, 1.54) is 0 Å². The second kappa shape index (κ2) is 10.6. The molecule has 0 atom stereocenters. The van der Waals surface area contributed by atoms with Gasteiger partial charge in [0.1, 0.15) is 12.4 Å². The third kappa shape index (κ3) is 5.50. The van der Waals surface area contributed by atoms with Crippen molar-refractivity contribution >= 4 is 17.6 Å². The molecule has 0 bridgehead atoms. The molecular formula is C24H27N5O4. The molecule has 0 aliphatic carbocycles. The van der Waals surface area contributed by atoms with Crippen LogP contribution in [0.15, 0.2) is 60.7 Å². The highest BCUT2D eigenvalue weighted by Crippen LogP contribution is 2.32. The molecule has 0 radical (unpaired) electrons. The van der Waals surface area contributed by atoms with E-state index in [1.54, 1.807) is 12.0 Å².